The molecule has 0 aliphatic rings. The van der Waals surface area contributed by atoms with E-state index in [1.54, 1.807) is 0 Å². The maximum Gasteiger partial charge on any atom is 0.470 e. The van der Waals surface area contributed by atoms with Gasteiger partial charge in [-0.25, -0.2) is 0 Å². The van der Waals surface area contributed by atoms with Crippen LogP contribution in [0.1, 0.15) is 12.8 Å². The van der Waals surface area contributed by atoms with Crippen molar-refractivity contribution in [3.05, 3.63) is 23.2 Å². The molecule has 1 aromatic carbocycles. The first-order valence-corrected chi connectivity index (χ1v) is 8.93. The van der Waals surface area contributed by atoms with Crippen LogP contribution in [-0.4, -0.2) is 48.3 Å². The average Bonchev–Trinajstić information content (AvgIpc) is 2.55. The molecule has 0 heterocycles. The van der Waals surface area contributed by atoms with Gasteiger partial charge in [0.05, 0.1) is 0 Å². The summed E-state index contributed by atoms with van der Waals surface area (Å²) in [5, 5.41) is -1.27. The Morgan fingerprint density at radius 2 is 0.757 bits per heavy atom. The fourth-order valence-corrected chi connectivity index (χ4v) is 2.45. The Morgan fingerprint density at radius 3 is 1.00 bits per heavy atom. The van der Waals surface area contributed by atoms with Gasteiger partial charge in [0.2, 0.25) is 0 Å². The zero-order chi connectivity index (χ0) is 29.7. The highest BCUT2D eigenvalue weighted by Gasteiger charge is 2.77. The lowest BCUT2D eigenvalue weighted by Gasteiger charge is -2.33. The topological polar surface area (TPSA) is 18.5 Å². The van der Waals surface area contributed by atoms with Gasteiger partial charge in [-0.1, -0.05) is 11.6 Å². The molecule has 0 amide bonds. The van der Waals surface area contributed by atoms with Crippen LogP contribution in [-0.2, 0) is 0 Å². The molecule has 0 saturated heterocycles. The minimum absolute atomic E-state index is 0.102. The molecule has 0 aliphatic carbocycles. The van der Waals surface area contributed by atoms with E-state index < -0.39 is 83.7 Å². The van der Waals surface area contributed by atoms with Crippen molar-refractivity contribution >= 4 is 11.6 Å². The first-order chi connectivity index (χ1) is 16.0. The minimum Gasteiger partial charge on any atom is -0.428 e. The fourth-order valence-electron chi connectivity index (χ4n) is 2.23. The first-order valence-electron chi connectivity index (χ1n) is 8.55. The van der Waals surface area contributed by atoms with Crippen LogP contribution in [0.3, 0.4) is 0 Å². The molecular weight excluding hydrogens is 602 g/mol. The molecule has 0 atom stereocenters. The van der Waals surface area contributed by atoms with Gasteiger partial charge in [-0.15, -0.1) is 0 Å². The Hall–Kier alpha value is -2.15. The predicted octanol–water partition coefficient (Wildman–Crippen LogP) is 8.73. The number of hydrogen-bond donors (Lipinski definition) is 0. The van der Waals surface area contributed by atoms with Crippen LogP contribution in [0.5, 0.6) is 11.5 Å². The van der Waals surface area contributed by atoms with Gasteiger partial charge in [0.1, 0.15) is 24.3 Å². The van der Waals surface area contributed by atoms with Crippen LogP contribution < -0.4 is 9.47 Å². The summed E-state index contributed by atoms with van der Waals surface area (Å²) in [5.41, 5.74) is 0. The summed E-state index contributed by atoms with van der Waals surface area (Å²) >= 11 is 5.17. The second-order valence-corrected chi connectivity index (χ2v) is 7.44. The highest BCUT2D eigenvalue weighted by Crippen LogP contribution is 2.52. The van der Waals surface area contributed by atoms with E-state index >= 15 is 0 Å². The number of alkyl halides is 18. The Morgan fingerprint density at radius 1 is 0.486 bits per heavy atom. The Balaban J connectivity index is 3.34. The van der Waals surface area contributed by atoms with Gasteiger partial charge in [-0.05, 0) is 12.1 Å². The van der Waals surface area contributed by atoms with Gasteiger partial charge in [-0.3, -0.25) is 0 Å². The van der Waals surface area contributed by atoms with Gasteiger partial charge >= 0.3 is 48.3 Å². The third-order valence-corrected chi connectivity index (χ3v) is 4.05. The standard InChI is InChI=1S/C16H7ClF18O2/c17-6-1-7(36-15(32,33)13(28,29)9(18,19)4-11(22,23)24)3-8(2-6)37-16(34,35)14(30,31)10(20,21)5-12(25,26)27/h1-3H,4-5H2. The largest absolute Gasteiger partial charge is 0.470 e. The van der Waals surface area contributed by atoms with E-state index in [0.717, 1.165) is 0 Å². The molecule has 0 bridgehead atoms. The monoisotopic (exact) mass is 608 g/mol. The lowest BCUT2D eigenvalue weighted by Crippen LogP contribution is -2.58. The molecule has 21 heteroatoms. The van der Waals surface area contributed by atoms with Crippen LogP contribution >= 0.6 is 11.6 Å². The second-order valence-electron chi connectivity index (χ2n) is 7.00. The van der Waals surface area contributed by atoms with Crippen LogP contribution in [0, 0.1) is 0 Å². The number of ether oxygens (including phenoxy) is 2. The van der Waals surface area contributed by atoms with Crippen molar-refractivity contribution in [3.63, 3.8) is 0 Å². The smallest absolute Gasteiger partial charge is 0.428 e. The van der Waals surface area contributed by atoms with Crippen molar-refractivity contribution in [3.8, 4) is 11.5 Å². The molecule has 0 aromatic heterocycles. The molecule has 0 N–H and O–H groups in total. The maximum atomic E-state index is 13.7. The van der Waals surface area contributed by atoms with E-state index in [9.17, 15) is 79.0 Å². The maximum absolute atomic E-state index is 13.7. The summed E-state index contributed by atoms with van der Waals surface area (Å²) in [7, 11) is 0. The average molecular weight is 609 g/mol. The van der Waals surface area contributed by atoms with Crippen molar-refractivity contribution < 1.29 is 88.5 Å². The van der Waals surface area contributed by atoms with Crippen molar-refractivity contribution in [1.82, 2.24) is 0 Å². The molecule has 1 aromatic rings. The van der Waals surface area contributed by atoms with Gasteiger partial charge in [-0.2, -0.15) is 79.0 Å². The highest BCUT2D eigenvalue weighted by molar-refractivity contribution is 6.30. The number of benzene rings is 1. The summed E-state index contributed by atoms with van der Waals surface area (Å²) in [6.07, 6.45) is -33.0. The van der Waals surface area contributed by atoms with Crippen molar-refractivity contribution in [2.75, 3.05) is 0 Å². The zero-order valence-electron chi connectivity index (χ0n) is 16.6. The second kappa shape index (κ2) is 9.55. The van der Waals surface area contributed by atoms with Crippen LogP contribution in [0.15, 0.2) is 18.2 Å². The Labute approximate surface area is 197 Å². The zero-order valence-corrected chi connectivity index (χ0v) is 17.4. The van der Waals surface area contributed by atoms with Gasteiger partial charge in [0.25, 0.3) is 0 Å². The highest BCUT2D eigenvalue weighted by atomic mass is 35.5. The van der Waals surface area contributed by atoms with Crippen LogP contribution in [0.2, 0.25) is 5.02 Å². The Kier molecular flexibility index (Phi) is 8.49. The molecule has 0 unspecified atom stereocenters. The summed E-state index contributed by atoms with van der Waals surface area (Å²) in [6.45, 7) is 0. The van der Waals surface area contributed by atoms with Crippen molar-refractivity contribution in [2.45, 2.75) is 61.1 Å². The molecule has 0 radical (unpaired) electrons. The molecule has 0 fully saturated rings. The SMILES string of the molecule is FC(F)(F)CC(F)(F)C(F)(F)C(F)(F)Oc1cc(Cl)cc(OC(F)(F)C(F)(F)C(F)(F)CC(F)(F)F)c1. The molecule has 0 spiro atoms. The van der Waals surface area contributed by atoms with Crippen LogP contribution in [0.25, 0.3) is 0 Å². The first kappa shape index (κ1) is 32.9. The minimum atomic E-state index is -6.98. The molecule has 0 saturated carbocycles. The van der Waals surface area contributed by atoms with Gasteiger partial charge in [0.15, 0.2) is 0 Å². The molecular formula is C16H7ClF18O2. The molecule has 1 rings (SSSR count). The number of hydrogen-bond acceptors (Lipinski definition) is 2. The van der Waals surface area contributed by atoms with Gasteiger partial charge in [0, 0.05) is 11.1 Å². The quantitative estimate of drug-likeness (QED) is 0.248. The summed E-state index contributed by atoms with van der Waals surface area (Å²) in [5.74, 6) is -31.1. The summed E-state index contributed by atoms with van der Waals surface area (Å²) < 4.78 is 240. The summed E-state index contributed by atoms with van der Waals surface area (Å²) in [6, 6.07) is -0.757. The predicted molar refractivity (Wildman–Crippen MR) is 83.7 cm³/mol. The third-order valence-electron chi connectivity index (χ3n) is 3.83. The fraction of sp³-hybridized carbons (Fsp3) is 0.625. The number of rotatable bonds is 10. The van der Waals surface area contributed by atoms with E-state index in [-0.39, 0.29) is 12.1 Å². The lowest BCUT2D eigenvalue weighted by molar-refractivity contribution is -0.384. The van der Waals surface area contributed by atoms with E-state index in [2.05, 4.69) is 9.47 Å². The molecule has 216 valence electrons. The normalized spacial score (nSPS) is 15.1. The van der Waals surface area contributed by atoms with Crippen molar-refractivity contribution in [1.29, 1.82) is 0 Å². The van der Waals surface area contributed by atoms with E-state index in [1.807, 2.05) is 0 Å². The third kappa shape index (κ3) is 7.46. The van der Waals surface area contributed by atoms with Crippen LogP contribution in [0.4, 0.5) is 79.0 Å². The van der Waals surface area contributed by atoms with Gasteiger partial charge < -0.3 is 9.47 Å². The Bertz CT molecular complexity index is 880. The van der Waals surface area contributed by atoms with E-state index in [0.29, 0.717) is 0 Å². The van der Waals surface area contributed by atoms with E-state index in [4.69, 9.17) is 11.6 Å². The van der Waals surface area contributed by atoms with Crippen molar-refractivity contribution in [2.24, 2.45) is 0 Å². The molecule has 2 nitrogen and oxygen atoms in total. The molecule has 37 heavy (non-hydrogen) atoms. The molecule has 0 aliphatic heterocycles. The van der Waals surface area contributed by atoms with E-state index in [1.165, 1.54) is 0 Å². The number of halogens is 19. The lowest BCUT2D eigenvalue weighted by atomic mass is 10.1. The summed E-state index contributed by atoms with van der Waals surface area (Å²) in [4.78, 5) is 0.